The molecule has 1 fully saturated rings. The maximum Gasteiger partial charge on any atom is 0.275 e. The number of aromatic nitrogens is 5. The predicted octanol–water partition coefficient (Wildman–Crippen LogP) is 2.88. The minimum atomic E-state index is -0.456. The Hall–Kier alpha value is -3.72. The van der Waals surface area contributed by atoms with Crippen molar-refractivity contribution in [1.82, 2.24) is 29.0 Å². The number of benzene rings is 1. The van der Waals surface area contributed by atoms with Gasteiger partial charge in [0.05, 0.1) is 17.5 Å². The lowest BCUT2D eigenvalue weighted by molar-refractivity contribution is 0.0648. The number of imidazole rings is 1. The number of carbonyl (C=O) groups excluding carboxylic acids is 2. The highest BCUT2D eigenvalue weighted by atomic mass is 35.5. The molecule has 0 saturated carbocycles. The highest BCUT2D eigenvalue weighted by Gasteiger charge is 2.28. The van der Waals surface area contributed by atoms with Crippen molar-refractivity contribution in [3.05, 3.63) is 65.2 Å². The van der Waals surface area contributed by atoms with Crippen LogP contribution in [0.25, 0.3) is 17.0 Å². The molecule has 5 rings (SSSR count). The maximum atomic E-state index is 12.9. The molecule has 3 aromatic heterocycles. The third kappa shape index (κ3) is 3.53. The summed E-state index contributed by atoms with van der Waals surface area (Å²) in [6, 6.07) is 9.06. The maximum absolute atomic E-state index is 12.9. The Labute approximate surface area is 182 Å². The van der Waals surface area contributed by atoms with Gasteiger partial charge in [0.2, 0.25) is 5.78 Å². The first kappa shape index (κ1) is 19.3. The molecule has 4 aromatic rings. The van der Waals surface area contributed by atoms with E-state index in [1.807, 2.05) is 24.4 Å². The number of fused-ring (bicyclic) bond motifs is 1. The smallest absolute Gasteiger partial charge is 0.275 e. The van der Waals surface area contributed by atoms with Crippen LogP contribution in [-0.4, -0.2) is 54.0 Å². The molecule has 0 aliphatic carbocycles. The number of carbonyl (C=O) groups is 2. The molecule has 1 aliphatic heterocycles. The van der Waals surface area contributed by atoms with E-state index in [9.17, 15) is 9.59 Å². The molecule has 0 atom stereocenters. The molecule has 9 nitrogen and oxygen atoms in total. The van der Waals surface area contributed by atoms with Crippen molar-refractivity contribution < 1.29 is 9.59 Å². The van der Waals surface area contributed by atoms with E-state index >= 15 is 0 Å². The Morgan fingerprint density at radius 3 is 2.74 bits per heavy atom. The van der Waals surface area contributed by atoms with Gasteiger partial charge in [-0.3, -0.25) is 18.7 Å². The lowest BCUT2D eigenvalue weighted by Crippen LogP contribution is -2.42. The van der Waals surface area contributed by atoms with Gasteiger partial charge in [0.25, 0.3) is 11.8 Å². The minimum absolute atomic E-state index is 0.188. The summed E-state index contributed by atoms with van der Waals surface area (Å²) >= 11 is 6.07. The van der Waals surface area contributed by atoms with Crippen LogP contribution < -0.4 is 5.32 Å². The third-order valence-corrected chi connectivity index (χ3v) is 5.45. The standard InChI is InChI=1S/C21H18ClN7O2/c1-27-18(15(11-23-27)20(31)28-7-3-8-28)19(30)25-17-6-9-29-12-16(24-21(29)26-17)13-4-2-5-14(22)10-13/h2,4-6,9-12H,3,7-8H2,1H3,(H,24,25,26,30). The second-order valence-electron chi connectivity index (χ2n) is 7.29. The summed E-state index contributed by atoms with van der Waals surface area (Å²) in [5, 5.41) is 7.47. The summed E-state index contributed by atoms with van der Waals surface area (Å²) in [5.74, 6) is 0.105. The molecular weight excluding hydrogens is 418 g/mol. The second kappa shape index (κ2) is 7.51. The van der Waals surface area contributed by atoms with Gasteiger partial charge in [-0.25, -0.2) is 4.98 Å². The zero-order valence-electron chi connectivity index (χ0n) is 16.6. The van der Waals surface area contributed by atoms with Gasteiger partial charge in [-0.2, -0.15) is 10.1 Å². The van der Waals surface area contributed by atoms with Crippen molar-refractivity contribution in [3.63, 3.8) is 0 Å². The van der Waals surface area contributed by atoms with Crippen LogP contribution in [0.3, 0.4) is 0 Å². The average molecular weight is 436 g/mol. The average Bonchev–Trinajstić information content (AvgIpc) is 3.29. The van der Waals surface area contributed by atoms with Crippen LogP contribution in [0.4, 0.5) is 5.82 Å². The molecule has 0 bridgehead atoms. The van der Waals surface area contributed by atoms with Crippen molar-refractivity contribution in [2.24, 2.45) is 7.05 Å². The van der Waals surface area contributed by atoms with E-state index in [4.69, 9.17) is 11.6 Å². The van der Waals surface area contributed by atoms with Crippen LogP contribution in [0.5, 0.6) is 0 Å². The van der Waals surface area contributed by atoms with Gasteiger partial charge in [-0.05, 0) is 24.6 Å². The molecule has 1 N–H and O–H groups in total. The van der Waals surface area contributed by atoms with Crippen molar-refractivity contribution in [3.8, 4) is 11.3 Å². The van der Waals surface area contributed by atoms with Crippen molar-refractivity contribution in [2.75, 3.05) is 18.4 Å². The molecule has 1 saturated heterocycles. The number of hydrogen-bond donors (Lipinski definition) is 1. The highest BCUT2D eigenvalue weighted by Crippen LogP contribution is 2.23. The number of hydrogen-bond acceptors (Lipinski definition) is 5. The molecule has 2 amide bonds. The van der Waals surface area contributed by atoms with E-state index in [0.717, 1.165) is 12.0 Å². The number of amides is 2. The minimum Gasteiger partial charge on any atom is -0.338 e. The fraction of sp³-hybridized carbons (Fsp3) is 0.190. The summed E-state index contributed by atoms with van der Waals surface area (Å²) in [6.07, 6.45) is 6.00. The van der Waals surface area contributed by atoms with E-state index in [1.54, 1.807) is 34.7 Å². The van der Waals surface area contributed by atoms with Gasteiger partial charge in [-0.15, -0.1) is 0 Å². The van der Waals surface area contributed by atoms with Gasteiger partial charge in [0.1, 0.15) is 11.5 Å². The summed E-state index contributed by atoms with van der Waals surface area (Å²) in [6.45, 7) is 1.39. The predicted molar refractivity (Wildman–Crippen MR) is 115 cm³/mol. The first-order valence-corrected chi connectivity index (χ1v) is 10.1. The number of halogens is 1. The van der Waals surface area contributed by atoms with Crippen molar-refractivity contribution in [2.45, 2.75) is 6.42 Å². The van der Waals surface area contributed by atoms with Gasteiger partial charge < -0.3 is 10.2 Å². The van der Waals surface area contributed by atoms with Crippen LogP contribution in [0, 0.1) is 0 Å². The fourth-order valence-electron chi connectivity index (χ4n) is 3.46. The van der Waals surface area contributed by atoms with Crippen LogP contribution in [0.1, 0.15) is 27.3 Å². The molecule has 10 heteroatoms. The van der Waals surface area contributed by atoms with E-state index in [-0.39, 0.29) is 17.2 Å². The zero-order chi connectivity index (χ0) is 21.5. The lowest BCUT2D eigenvalue weighted by Gasteiger charge is -2.30. The van der Waals surface area contributed by atoms with E-state index in [1.165, 1.54) is 10.9 Å². The fourth-order valence-corrected chi connectivity index (χ4v) is 3.65. The van der Waals surface area contributed by atoms with E-state index < -0.39 is 5.91 Å². The Morgan fingerprint density at radius 1 is 1.16 bits per heavy atom. The number of nitrogens with zero attached hydrogens (tertiary/aromatic N) is 6. The van der Waals surface area contributed by atoms with Crippen LogP contribution in [0.15, 0.2) is 48.9 Å². The quantitative estimate of drug-likeness (QED) is 0.531. The van der Waals surface area contributed by atoms with Crippen molar-refractivity contribution in [1.29, 1.82) is 0 Å². The van der Waals surface area contributed by atoms with Gasteiger partial charge >= 0.3 is 0 Å². The Balaban J connectivity index is 1.41. The number of nitrogens with one attached hydrogen (secondary N) is 1. The number of anilines is 1. The molecule has 31 heavy (non-hydrogen) atoms. The molecular formula is C21H18ClN7O2. The number of rotatable bonds is 4. The Kier molecular flexibility index (Phi) is 4.67. The Morgan fingerprint density at radius 2 is 2.00 bits per heavy atom. The SMILES string of the molecule is Cn1ncc(C(=O)N2CCC2)c1C(=O)Nc1ccn2cc(-c3cccc(Cl)c3)nc2n1. The lowest BCUT2D eigenvalue weighted by atomic mass is 10.1. The van der Waals surface area contributed by atoms with Gasteiger partial charge in [0.15, 0.2) is 0 Å². The highest BCUT2D eigenvalue weighted by molar-refractivity contribution is 6.30. The van der Waals surface area contributed by atoms with Crippen LogP contribution >= 0.6 is 11.6 Å². The molecule has 0 spiro atoms. The van der Waals surface area contributed by atoms with Crippen LogP contribution in [-0.2, 0) is 7.05 Å². The number of aryl methyl sites for hydroxylation is 1. The second-order valence-corrected chi connectivity index (χ2v) is 7.72. The molecule has 156 valence electrons. The normalized spacial score (nSPS) is 13.3. The van der Waals surface area contributed by atoms with E-state index in [2.05, 4.69) is 20.4 Å². The zero-order valence-corrected chi connectivity index (χ0v) is 17.4. The van der Waals surface area contributed by atoms with Crippen molar-refractivity contribution >= 4 is 35.0 Å². The summed E-state index contributed by atoms with van der Waals surface area (Å²) < 4.78 is 3.16. The summed E-state index contributed by atoms with van der Waals surface area (Å²) in [5.41, 5.74) is 2.06. The van der Waals surface area contributed by atoms with Gasteiger partial charge in [0, 0.05) is 43.1 Å². The Bertz CT molecular complexity index is 1320. The molecule has 0 radical (unpaired) electrons. The molecule has 0 unspecified atom stereocenters. The van der Waals surface area contributed by atoms with Crippen LogP contribution in [0.2, 0.25) is 5.02 Å². The first-order valence-electron chi connectivity index (χ1n) is 9.74. The largest absolute Gasteiger partial charge is 0.338 e. The summed E-state index contributed by atoms with van der Waals surface area (Å²) in [4.78, 5) is 36.2. The molecule has 1 aliphatic rings. The summed E-state index contributed by atoms with van der Waals surface area (Å²) in [7, 11) is 1.63. The first-order chi connectivity index (χ1) is 15.0. The number of likely N-dealkylation sites (tertiary alicyclic amines) is 1. The molecule has 1 aromatic carbocycles. The monoisotopic (exact) mass is 435 g/mol. The topological polar surface area (TPSA) is 97.4 Å². The third-order valence-electron chi connectivity index (χ3n) is 5.22. The van der Waals surface area contributed by atoms with E-state index in [0.29, 0.717) is 35.4 Å². The molecule has 4 heterocycles. The van der Waals surface area contributed by atoms with Gasteiger partial charge in [-0.1, -0.05) is 23.7 Å².